The monoisotopic (exact) mass is 429 g/mol. The molecule has 1 fully saturated rings. The molecule has 2 aliphatic rings. The topological polar surface area (TPSA) is 93.8 Å². The largest absolute Gasteiger partial charge is 0.444 e. The molecule has 9 heteroatoms. The van der Waals surface area contributed by atoms with Crippen LogP contribution in [0.3, 0.4) is 0 Å². The number of amides is 1. The number of rotatable bonds is 2. The Morgan fingerprint density at radius 1 is 1.29 bits per heavy atom. The van der Waals surface area contributed by atoms with Gasteiger partial charge in [-0.05, 0) is 45.9 Å². The fourth-order valence-corrected chi connectivity index (χ4v) is 3.77. The van der Waals surface area contributed by atoms with E-state index in [1.165, 1.54) is 12.1 Å². The molecule has 0 saturated carbocycles. The number of aromatic nitrogens is 2. The first-order chi connectivity index (χ1) is 14.6. The number of hydrogen-bond acceptors (Lipinski definition) is 7. The Morgan fingerprint density at radius 2 is 2.06 bits per heavy atom. The fourth-order valence-electron chi connectivity index (χ4n) is 3.77. The maximum absolute atomic E-state index is 14.1. The zero-order valence-electron chi connectivity index (χ0n) is 18.3. The van der Waals surface area contributed by atoms with E-state index in [9.17, 15) is 9.18 Å². The number of halogens is 1. The summed E-state index contributed by atoms with van der Waals surface area (Å²) in [5, 5.41) is 0. The minimum Gasteiger partial charge on any atom is -0.444 e. The van der Waals surface area contributed by atoms with Crippen LogP contribution >= 0.6 is 0 Å². The van der Waals surface area contributed by atoms with Crippen molar-refractivity contribution in [2.45, 2.75) is 52.4 Å². The van der Waals surface area contributed by atoms with Crippen molar-refractivity contribution in [1.29, 1.82) is 0 Å². The van der Waals surface area contributed by atoms with Gasteiger partial charge in [-0.25, -0.2) is 19.2 Å². The molecule has 2 aromatic rings. The minimum atomic E-state index is -0.592. The molecule has 3 heterocycles. The van der Waals surface area contributed by atoms with Gasteiger partial charge in [0.05, 0.1) is 43.7 Å². The SMILES string of the molecule is C[C@H]1COCCN1c1nc(-c2ccc(N)c(F)c2)nc2c1CN(C(=O)OC(C)(C)C)C2. The molecular formula is C22H28FN5O3. The lowest BCUT2D eigenvalue weighted by atomic mass is 10.1. The second kappa shape index (κ2) is 7.96. The van der Waals surface area contributed by atoms with Crippen LogP contribution in [0.15, 0.2) is 18.2 Å². The Kier molecular flexibility index (Phi) is 5.47. The van der Waals surface area contributed by atoms with Crippen LogP contribution in [0.25, 0.3) is 11.4 Å². The first kappa shape index (κ1) is 21.3. The molecule has 166 valence electrons. The van der Waals surface area contributed by atoms with E-state index in [4.69, 9.17) is 20.2 Å². The van der Waals surface area contributed by atoms with Crippen molar-refractivity contribution in [2.75, 3.05) is 30.4 Å². The number of anilines is 2. The number of carbonyl (C=O) groups excluding carboxylic acids is 1. The van der Waals surface area contributed by atoms with Gasteiger partial charge in [0.25, 0.3) is 0 Å². The summed E-state index contributed by atoms with van der Waals surface area (Å²) in [5.41, 5.74) is 7.27. The summed E-state index contributed by atoms with van der Waals surface area (Å²) in [6.45, 7) is 10.1. The molecule has 1 aromatic heterocycles. The highest BCUT2D eigenvalue weighted by Gasteiger charge is 2.34. The molecule has 1 atom stereocenters. The van der Waals surface area contributed by atoms with Crippen molar-refractivity contribution < 1.29 is 18.7 Å². The molecular weight excluding hydrogens is 401 g/mol. The molecule has 4 rings (SSSR count). The third kappa shape index (κ3) is 4.41. The number of carbonyl (C=O) groups is 1. The third-order valence-electron chi connectivity index (χ3n) is 5.31. The number of nitrogen functional groups attached to an aromatic ring is 1. The van der Waals surface area contributed by atoms with E-state index in [-0.39, 0.29) is 11.7 Å². The van der Waals surface area contributed by atoms with Gasteiger partial charge in [-0.1, -0.05) is 0 Å². The van der Waals surface area contributed by atoms with Crippen molar-refractivity contribution in [3.8, 4) is 11.4 Å². The van der Waals surface area contributed by atoms with Crippen molar-refractivity contribution >= 4 is 17.6 Å². The number of ether oxygens (including phenoxy) is 2. The summed E-state index contributed by atoms with van der Waals surface area (Å²) in [7, 11) is 0. The van der Waals surface area contributed by atoms with Crippen molar-refractivity contribution in [3.05, 3.63) is 35.3 Å². The Labute approximate surface area is 181 Å². The highest BCUT2D eigenvalue weighted by Crippen LogP contribution is 2.34. The van der Waals surface area contributed by atoms with Crippen LogP contribution in [-0.2, 0) is 22.6 Å². The third-order valence-corrected chi connectivity index (χ3v) is 5.31. The Balaban J connectivity index is 1.74. The zero-order chi connectivity index (χ0) is 22.3. The minimum absolute atomic E-state index is 0.0723. The predicted molar refractivity (Wildman–Crippen MR) is 115 cm³/mol. The number of hydrogen-bond donors (Lipinski definition) is 1. The highest BCUT2D eigenvalue weighted by atomic mass is 19.1. The van der Waals surface area contributed by atoms with E-state index in [1.54, 1.807) is 11.0 Å². The number of morpholine rings is 1. The second-order valence-corrected chi connectivity index (χ2v) is 8.99. The first-order valence-corrected chi connectivity index (χ1v) is 10.4. The van der Waals surface area contributed by atoms with E-state index in [0.717, 1.165) is 17.1 Å². The number of nitrogens with zero attached hydrogens (tertiary/aromatic N) is 4. The van der Waals surface area contributed by atoms with Crippen LogP contribution in [0.5, 0.6) is 0 Å². The molecule has 1 amide bonds. The lowest BCUT2D eigenvalue weighted by Crippen LogP contribution is -2.44. The number of fused-ring (bicyclic) bond motifs is 1. The summed E-state index contributed by atoms with van der Waals surface area (Å²) in [6, 6.07) is 4.65. The highest BCUT2D eigenvalue weighted by molar-refractivity contribution is 5.71. The molecule has 0 aliphatic carbocycles. The molecule has 0 radical (unpaired) electrons. The summed E-state index contributed by atoms with van der Waals surface area (Å²) in [5.74, 6) is 0.634. The molecule has 31 heavy (non-hydrogen) atoms. The van der Waals surface area contributed by atoms with Gasteiger partial charge in [-0.2, -0.15) is 0 Å². The predicted octanol–water partition coefficient (Wildman–Crippen LogP) is 3.34. The van der Waals surface area contributed by atoms with E-state index < -0.39 is 17.5 Å². The van der Waals surface area contributed by atoms with Crippen LogP contribution in [0.4, 0.5) is 20.7 Å². The summed E-state index contributed by atoms with van der Waals surface area (Å²) in [4.78, 5) is 25.9. The molecule has 0 spiro atoms. The standard InChI is InChI=1S/C22H28FN5O3/c1-13-12-30-8-7-28(13)20-15-10-27(21(29)31-22(2,3)4)11-18(15)25-19(26-20)14-5-6-17(24)16(23)9-14/h5-6,9,13H,7-8,10-12,24H2,1-4H3/t13-/m0/s1. The van der Waals surface area contributed by atoms with Gasteiger partial charge in [0.2, 0.25) is 0 Å². The van der Waals surface area contributed by atoms with E-state index in [2.05, 4.69) is 16.8 Å². The maximum atomic E-state index is 14.1. The molecule has 1 aromatic carbocycles. The Hall–Kier alpha value is -2.94. The van der Waals surface area contributed by atoms with Gasteiger partial charge >= 0.3 is 6.09 Å². The summed E-state index contributed by atoms with van der Waals surface area (Å²) >= 11 is 0. The van der Waals surface area contributed by atoms with Crippen molar-refractivity contribution in [1.82, 2.24) is 14.9 Å². The smallest absolute Gasteiger partial charge is 0.410 e. The molecule has 0 unspecified atom stereocenters. The first-order valence-electron chi connectivity index (χ1n) is 10.4. The number of nitrogens with two attached hydrogens (primary N) is 1. The average molecular weight is 429 g/mol. The molecule has 2 aliphatic heterocycles. The van der Waals surface area contributed by atoms with Gasteiger partial charge in [-0.15, -0.1) is 0 Å². The lowest BCUT2D eigenvalue weighted by Gasteiger charge is -2.35. The van der Waals surface area contributed by atoms with E-state index in [0.29, 0.717) is 44.2 Å². The number of benzene rings is 1. The maximum Gasteiger partial charge on any atom is 0.410 e. The molecule has 2 N–H and O–H groups in total. The Morgan fingerprint density at radius 3 is 2.74 bits per heavy atom. The van der Waals surface area contributed by atoms with Gasteiger partial charge in [-0.3, -0.25) is 4.90 Å². The molecule has 1 saturated heterocycles. The van der Waals surface area contributed by atoms with Crippen LogP contribution in [0.2, 0.25) is 0 Å². The van der Waals surface area contributed by atoms with Gasteiger partial charge in [0.1, 0.15) is 17.2 Å². The normalized spacial score (nSPS) is 18.8. The Bertz CT molecular complexity index is 1010. The van der Waals surface area contributed by atoms with Crippen LogP contribution < -0.4 is 10.6 Å². The van der Waals surface area contributed by atoms with Crippen molar-refractivity contribution in [2.24, 2.45) is 0 Å². The fraction of sp³-hybridized carbons (Fsp3) is 0.500. The van der Waals surface area contributed by atoms with Crippen LogP contribution in [-0.4, -0.2) is 52.4 Å². The van der Waals surface area contributed by atoms with Crippen LogP contribution in [0, 0.1) is 5.82 Å². The summed E-state index contributed by atoms with van der Waals surface area (Å²) < 4.78 is 25.2. The lowest BCUT2D eigenvalue weighted by molar-refractivity contribution is 0.0240. The molecule has 0 bridgehead atoms. The quantitative estimate of drug-likeness (QED) is 0.732. The van der Waals surface area contributed by atoms with Gasteiger partial charge < -0.3 is 20.1 Å². The second-order valence-electron chi connectivity index (χ2n) is 8.99. The van der Waals surface area contributed by atoms with Crippen LogP contribution in [0.1, 0.15) is 39.0 Å². The van der Waals surface area contributed by atoms with Crippen molar-refractivity contribution in [3.63, 3.8) is 0 Å². The van der Waals surface area contributed by atoms with E-state index in [1.807, 2.05) is 20.8 Å². The van der Waals surface area contributed by atoms with E-state index >= 15 is 0 Å². The average Bonchev–Trinajstić information content (AvgIpc) is 3.13. The molecule has 8 nitrogen and oxygen atoms in total. The summed E-state index contributed by atoms with van der Waals surface area (Å²) in [6.07, 6.45) is -0.397. The van der Waals surface area contributed by atoms with Gasteiger partial charge in [0, 0.05) is 17.7 Å². The zero-order valence-corrected chi connectivity index (χ0v) is 18.3. The van der Waals surface area contributed by atoms with Gasteiger partial charge in [0.15, 0.2) is 5.82 Å².